The average Bonchev–Trinajstić information content (AvgIpc) is 2.81. The monoisotopic (exact) mass is 278 g/mol. The molecule has 1 fully saturated rings. The van der Waals surface area contributed by atoms with Crippen LogP contribution in [0.1, 0.15) is 45.1 Å². The van der Waals surface area contributed by atoms with Gasteiger partial charge in [0.05, 0.1) is 6.20 Å². The van der Waals surface area contributed by atoms with E-state index in [4.69, 9.17) is 0 Å². The summed E-state index contributed by atoms with van der Waals surface area (Å²) in [6.07, 6.45) is 8.63. The number of nitrogens with zero attached hydrogens (tertiary/aromatic N) is 2. The van der Waals surface area contributed by atoms with Gasteiger partial charge < -0.3 is 10.6 Å². The van der Waals surface area contributed by atoms with Crippen LogP contribution in [0.4, 0.5) is 4.79 Å². The Kier molecular flexibility index (Phi) is 4.68. The molecule has 5 nitrogen and oxygen atoms in total. The fourth-order valence-electron chi connectivity index (χ4n) is 2.71. The fourth-order valence-corrected chi connectivity index (χ4v) is 2.71. The smallest absolute Gasteiger partial charge is 0.315 e. The number of rotatable bonds is 4. The number of amides is 2. The Bertz CT molecular complexity index is 442. The molecule has 112 valence electrons. The highest BCUT2D eigenvalue weighted by molar-refractivity contribution is 5.73. The Labute approximate surface area is 121 Å². The van der Waals surface area contributed by atoms with E-state index in [0.29, 0.717) is 17.9 Å². The van der Waals surface area contributed by atoms with Gasteiger partial charge in [0.1, 0.15) is 0 Å². The summed E-state index contributed by atoms with van der Waals surface area (Å²) < 4.78 is 1.73. The first kappa shape index (κ1) is 14.9. The topological polar surface area (TPSA) is 59.0 Å². The molecule has 0 spiro atoms. The van der Waals surface area contributed by atoms with Crippen LogP contribution >= 0.6 is 0 Å². The van der Waals surface area contributed by atoms with Crippen molar-refractivity contribution in [2.75, 3.05) is 6.54 Å². The summed E-state index contributed by atoms with van der Waals surface area (Å²) in [5, 5.41) is 9.92. The molecule has 1 aliphatic rings. The predicted molar refractivity (Wildman–Crippen MR) is 79.2 cm³/mol. The fraction of sp³-hybridized carbons (Fsp3) is 0.733. The lowest BCUT2D eigenvalue weighted by molar-refractivity contribution is 0.187. The second-order valence-corrected chi connectivity index (χ2v) is 6.69. The zero-order chi connectivity index (χ0) is 14.6. The van der Waals surface area contributed by atoms with Crippen LogP contribution in [0.5, 0.6) is 0 Å². The van der Waals surface area contributed by atoms with Crippen molar-refractivity contribution in [3.05, 3.63) is 18.0 Å². The molecule has 1 aromatic rings. The van der Waals surface area contributed by atoms with Crippen LogP contribution in [0, 0.1) is 11.3 Å². The Morgan fingerprint density at radius 1 is 1.40 bits per heavy atom. The molecule has 1 heterocycles. The van der Waals surface area contributed by atoms with Gasteiger partial charge in [0.25, 0.3) is 0 Å². The third-order valence-corrected chi connectivity index (χ3v) is 4.22. The van der Waals surface area contributed by atoms with Crippen molar-refractivity contribution in [1.29, 1.82) is 0 Å². The minimum atomic E-state index is -0.0845. The molecule has 0 unspecified atom stereocenters. The number of nitrogens with one attached hydrogen (secondary N) is 2. The van der Waals surface area contributed by atoms with E-state index >= 15 is 0 Å². The Morgan fingerprint density at radius 2 is 2.10 bits per heavy atom. The molecule has 0 atom stereocenters. The van der Waals surface area contributed by atoms with Crippen LogP contribution in [-0.2, 0) is 13.6 Å². The number of aromatic nitrogens is 2. The first-order valence-electron chi connectivity index (χ1n) is 7.44. The Hall–Kier alpha value is -1.52. The van der Waals surface area contributed by atoms with E-state index in [0.717, 1.165) is 12.1 Å². The summed E-state index contributed by atoms with van der Waals surface area (Å²) in [4.78, 5) is 11.7. The first-order valence-corrected chi connectivity index (χ1v) is 7.44. The van der Waals surface area contributed by atoms with E-state index in [1.165, 1.54) is 25.7 Å². The number of urea groups is 1. The molecular weight excluding hydrogens is 252 g/mol. The molecule has 2 amide bonds. The van der Waals surface area contributed by atoms with Gasteiger partial charge in [-0.05, 0) is 37.0 Å². The van der Waals surface area contributed by atoms with Crippen molar-refractivity contribution in [2.45, 2.75) is 46.1 Å². The number of carbonyl (C=O) groups excluding carboxylic acids is 1. The number of hydrogen-bond acceptors (Lipinski definition) is 2. The average molecular weight is 278 g/mol. The van der Waals surface area contributed by atoms with Gasteiger partial charge in [-0.3, -0.25) is 4.68 Å². The normalized spacial score (nSPS) is 18.8. The van der Waals surface area contributed by atoms with Crippen LogP contribution in [0.2, 0.25) is 0 Å². The van der Waals surface area contributed by atoms with E-state index in [2.05, 4.69) is 29.6 Å². The van der Waals surface area contributed by atoms with Gasteiger partial charge in [0.15, 0.2) is 0 Å². The van der Waals surface area contributed by atoms with E-state index in [1.54, 1.807) is 10.9 Å². The summed E-state index contributed by atoms with van der Waals surface area (Å²) in [5.41, 5.74) is 1.50. The third-order valence-electron chi connectivity index (χ3n) is 4.22. The predicted octanol–water partition coefficient (Wildman–Crippen LogP) is 2.44. The lowest BCUT2D eigenvalue weighted by Gasteiger charge is -2.34. The number of hydrogen-bond donors (Lipinski definition) is 2. The van der Waals surface area contributed by atoms with Crippen molar-refractivity contribution in [3.63, 3.8) is 0 Å². The maximum absolute atomic E-state index is 11.7. The second-order valence-electron chi connectivity index (χ2n) is 6.69. The Balaban J connectivity index is 1.63. The standard InChI is InChI=1S/C15H26N4O/c1-15(2)6-4-12(5-7-15)8-16-14(20)17-9-13-10-18-19(3)11-13/h10-12H,4-9H2,1-3H3,(H2,16,17,20). The molecule has 0 saturated heterocycles. The van der Waals surface area contributed by atoms with Gasteiger partial charge in [-0.25, -0.2) is 4.79 Å². The highest BCUT2D eigenvalue weighted by atomic mass is 16.2. The lowest BCUT2D eigenvalue weighted by atomic mass is 9.73. The van der Waals surface area contributed by atoms with Crippen molar-refractivity contribution < 1.29 is 4.79 Å². The molecule has 1 aliphatic carbocycles. The molecular formula is C15H26N4O. The number of aryl methyl sites for hydroxylation is 1. The van der Waals surface area contributed by atoms with Crippen LogP contribution in [-0.4, -0.2) is 22.4 Å². The summed E-state index contributed by atoms with van der Waals surface area (Å²) >= 11 is 0. The molecule has 20 heavy (non-hydrogen) atoms. The summed E-state index contributed by atoms with van der Waals surface area (Å²) in [6, 6.07) is -0.0845. The molecule has 1 saturated carbocycles. The van der Waals surface area contributed by atoms with Gasteiger partial charge in [-0.1, -0.05) is 13.8 Å². The van der Waals surface area contributed by atoms with Gasteiger partial charge in [0.2, 0.25) is 0 Å². The molecule has 0 radical (unpaired) electrons. The minimum Gasteiger partial charge on any atom is -0.338 e. The van der Waals surface area contributed by atoms with Crippen molar-refractivity contribution >= 4 is 6.03 Å². The van der Waals surface area contributed by atoms with Crippen molar-refractivity contribution in [3.8, 4) is 0 Å². The molecule has 2 rings (SSSR count). The van der Waals surface area contributed by atoms with E-state index in [1.807, 2.05) is 13.2 Å². The van der Waals surface area contributed by atoms with Gasteiger partial charge >= 0.3 is 6.03 Å². The molecule has 1 aromatic heterocycles. The third kappa shape index (κ3) is 4.54. The highest BCUT2D eigenvalue weighted by Gasteiger charge is 2.26. The zero-order valence-corrected chi connectivity index (χ0v) is 12.8. The highest BCUT2D eigenvalue weighted by Crippen LogP contribution is 2.37. The largest absolute Gasteiger partial charge is 0.338 e. The molecule has 0 aromatic carbocycles. The summed E-state index contributed by atoms with van der Waals surface area (Å²) in [7, 11) is 1.87. The van der Waals surface area contributed by atoms with E-state index in [-0.39, 0.29) is 6.03 Å². The van der Waals surface area contributed by atoms with Crippen molar-refractivity contribution in [1.82, 2.24) is 20.4 Å². The van der Waals surface area contributed by atoms with Gasteiger partial charge in [-0.2, -0.15) is 5.10 Å². The molecule has 5 heteroatoms. The lowest BCUT2D eigenvalue weighted by Crippen LogP contribution is -2.39. The minimum absolute atomic E-state index is 0.0845. The first-order chi connectivity index (χ1) is 9.44. The van der Waals surface area contributed by atoms with Crippen LogP contribution in [0.25, 0.3) is 0 Å². The summed E-state index contributed by atoms with van der Waals surface area (Å²) in [5.74, 6) is 0.632. The number of carbonyl (C=O) groups is 1. The van der Waals surface area contributed by atoms with Crippen LogP contribution in [0.15, 0.2) is 12.4 Å². The van der Waals surface area contributed by atoms with E-state index < -0.39 is 0 Å². The second kappa shape index (κ2) is 6.29. The van der Waals surface area contributed by atoms with Crippen LogP contribution in [0.3, 0.4) is 0 Å². The molecule has 0 aliphatic heterocycles. The van der Waals surface area contributed by atoms with Crippen LogP contribution < -0.4 is 10.6 Å². The Morgan fingerprint density at radius 3 is 2.70 bits per heavy atom. The van der Waals surface area contributed by atoms with Crippen molar-refractivity contribution in [2.24, 2.45) is 18.4 Å². The maximum Gasteiger partial charge on any atom is 0.315 e. The van der Waals surface area contributed by atoms with Gasteiger partial charge in [0, 0.05) is 31.9 Å². The summed E-state index contributed by atoms with van der Waals surface area (Å²) in [6.45, 7) is 5.97. The van der Waals surface area contributed by atoms with Gasteiger partial charge in [-0.15, -0.1) is 0 Å². The molecule has 0 bridgehead atoms. The molecule has 2 N–H and O–H groups in total. The quantitative estimate of drug-likeness (QED) is 0.888. The maximum atomic E-state index is 11.7. The van der Waals surface area contributed by atoms with E-state index in [9.17, 15) is 4.79 Å². The SMILES string of the molecule is Cn1cc(CNC(=O)NCC2CCC(C)(C)CC2)cn1. The zero-order valence-electron chi connectivity index (χ0n) is 12.8.